The van der Waals surface area contributed by atoms with Crippen LogP contribution < -0.4 is 15.0 Å². The van der Waals surface area contributed by atoms with E-state index in [9.17, 15) is 9.59 Å². The molecule has 0 saturated heterocycles. The minimum absolute atomic E-state index is 0.0689. The topological polar surface area (TPSA) is 89.3 Å². The van der Waals surface area contributed by atoms with Gasteiger partial charge in [0.25, 0.3) is 0 Å². The van der Waals surface area contributed by atoms with Crippen molar-refractivity contribution in [3.63, 3.8) is 0 Å². The molecule has 2 heterocycles. The number of hydrogen-bond donors (Lipinski definition) is 1. The Bertz CT molecular complexity index is 1300. The number of carbonyl (C=O) groups is 2. The monoisotopic (exact) mass is 505 g/mol. The van der Waals surface area contributed by atoms with Gasteiger partial charge in [-0.05, 0) is 55.0 Å². The Kier molecular flexibility index (Phi) is 8.32. The highest BCUT2D eigenvalue weighted by Gasteiger charge is 2.34. The third kappa shape index (κ3) is 5.91. The number of para-hydroxylation sites is 1. The van der Waals surface area contributed by atoms with E-state index in [-0.39, 0.29) is 18.4 Å². The summed E-state index contributed by atoms with van der Waals surface area (Å²) in [6, 6.07) is 17.7. The molecule has 0 spiro atoms. The van der Waals surface area contributed by atoms with Crippen LogP contribution in [0.4, 0.5) is 5.69 Å². The molecule has 36 heavy (non-hydrogen) atoms. The Hall–Kier alpha value is -3.72. The molecule has 2 amide bonds. The minimum atomic E-state index is -0.837. The average molecular weight is 506 g/mol. The van der Waals surface area contributed by atoms with Crippen LogP contribution in [0.25, 0.3) is 11.0 Å². The lowest BCUT2D eigenvalue weighted by molar-refractivity contribution is -0.126. The highest BCUT2D eigenvalue weighted by molar-refractivity contribution is 7.10. The lowest BCUT2D eigenvalue weighted by Crippen LogP contribution is -2.45. The highest BCUT2D eigenvalue weighted by atomic mass is 32.1. The lowest BCUT2D eigenvalue weighted by Gasteiger charge is -2.31. The van der Waals surface area contributed by atoms with Crippen LogP contribution in [-0.2, 0) is 16.1 Å². The van der Waals surface area contributed by atoms with Crippen LogP contribution in [0.3, 0.4) is 0 Å². The van der Waals surface area contributed by atoms with Crippen molar-refractivity contribution in [2.45, 2.75) is 39.8 Å². The smallest absolute Gasteiger partial charge is 0.249 e. The van der Waals surface area contributed by atoms with E-state index in [0.29, 0.717) is 36.0 Å². The third-order valence-electron chi connectivity index (χ3n) is 5.72. The van der Waals surface area contributed by atoms with Gasteiger partial charge in [0.05, 0.1) is 12.1 Å². The van der Waals surface area contributed by atoms with Crippen molar-refractivity contribution >= 4 is 39.9 Å². The van der Waals surface area contributed by atoms with Crippen LogP contribution in [0, 0.1) is 5.92 Å². The predicted octanol–water partition coefficient (Wildman–Crippen LogP) is 4.83. The van der Waals surface area contributed by atoms with Gasteiger partial charge in [-0.15, -0.1) is 16.4 Å². The molecule has 8 nitrogen and oxygen atoms in total. The molecule has 1 N–H and O–H groups in total. The van der Waals surface area contributed by atoms with Gasteiger partial charge < -0.3 is 10.1 Å². The fraction of sp³-hybridized carbons (Fsp3) is 0.333. The fourth-order valence-electron chi connectivity index (χ4n) is 3.97. The first-order chi connectivity index (χ1) is 17.5. The summed E-state index contributed by atoms with van der Waals surface area (Å²) in [5.41, 5.74) is 2.03. The van der Waals surface area contributed by atoms with E-state index in [4.69, 9.17) is 4.74 Å². The average Bonchev–Trinajstić information content (AvgIpc) is 3.53. The van der Waals surface area contributed by atoms with E-state index in [2.05, 4.69) is 29.5 Å². The van der Waals surface area contributed by atoms with Gasteiger partial charge in [-0.2, -0.15) is 0 Å². The van der Waals surface area contributed by atoms with Gasteiger partial charge in [0.1, 0.15) is 23.9 Å². The van der Waals surface area contributed by atoms with E-state index in [1.54, 1.807) is 15.6 Å². The summed E-state index contributed by atoms with van der Waals surface area (Å²) in [4.78, 5) is 29.9. The normalized spacial score (nSPS) is 12.0. The summed E-state index contributed by atoms with van der Waals surface area (Å²) in [6.45, 7) is 7.09. The maximum Gasteiger partial charge on any atom is 0.249 e. The van der Waals surface area contributed by atoms with Crippen LogP contribution in [0.2, 0.25) is 0 Å². The van der Waals surface area contributed by atoms with Crippen molar-refractivity contribution in [3.05, 3.63) is 70.9 Å². The number of nitrogens with zero attached hydrogens (tertiary/aromatic N) is 4. The number of benzene rings is 2. The predicted molar refractivity (Wildman–Crippen MR) is 142 cm³/mol. The molecule has 0 unspecified atom stereocenters. The molecule has 0 aliphatic heterocycles. The van der Waals surface area contributed by atoms with Gasteiger partial charge in [-0.3, -0.25) is 14.5 Å². The number of nitrogens with one attached hydrogen (secondary N) is 1. The maximum absolute atomic E-state index is 14.0. The molecule has 0 bridgehead atoms. The Morgan fingerprint density at radius 3 is 2.69 bits per heavy atom. The first-order valence-electron chi connectivity index (χ1n) is 12.1. The molecule has 1 atom stereocenters. The second kappa shape index (κ2) is 11.8. The maximum atomic E-state index is 14.0. The van der Waals surface area contributed by atoms with E-state index in [0.717, 1.165) is 16.8 Å². The SMILES string of the molecule is CCOc1cccc(N(C(=O)Cn2nnc3ccccc32)[C@H](C(=O)NCCC(C)C)c2cccs2)c1. The number of amides is 2. The Morgan fingerprint density at radius 1 is 1.11 bits per heavy atom. The molecule has 0 fully saturated rings. The van der Waals surface area contributed by atoms with Gasteiger partial charge in [0, 0.05) is 23.2 Å². The summed E-state index contributed by atoms with van der Waals surface area (Å²) in [5, 5.41) is 13.3. The zero-order valence-corrected chi connectivity index (χ0v) is 21.6. The summed E-state index contributed by atoms with van der Waals surface area (Å²) in [5.74, 6) is 0.573. The summed E-state index contributed by atoms with van der Waals surface area (Å²) < 4.78 is 7.27. The number of ether oxygens (including phenoxy) is 1. The largest absolute Gasteiger partial charge is 0.494 e. The molecule has 0 aliphatic carbocycles. The Balaban J connectivity index is 1.74. The first kappa shape index (κ1) is 25.4. The molecule has 2 aromatic carbocycles. The minimum Gasteiger partial charge on any atom is -0.494 e. The van der Waals surface area contributed by atoms with Gasteiger partial charge >= 0.3 is 0 Å². The molecule has 0 saturated carbocycles. The number of anilines is 1. The van der Waals surface area contributed by atoms with Crippen molar-refractivity contribution in [3.8, 4) is 5.75 Å². The van der Waals surface area contributed by atoms with Crippen LogP contribution >= 0.6 is 11.3 Å². The van der Waals surface area contributed by atoms with Gasteiger partial charge in [0.15, 0.2) is 0 Å². The van der Waals surface area contributed by atoms with Crippen molar-refractivity contribution in [1.29, 1.82) is 0 Å². The molecular formula is C27H31N5O3S. The first-order valence-corrected chi connectivity index (χ1v) is 13.0. The summed E-state index contributed by atoms with van der Waals surface area (Å²) in [7, 11) is 0. The van der Waals surface area contributed by atoms with E-state index >= 15 is 0 Å². The van der Waals surface area contributed by atoms with Crippen molar-refractivity contribution < 1.29 is 14.3 Å². The zero-order valence-electron chi connectivity index (χ0n) is 20.8. The van der Waals surface area contributed by atoms with Crippen molar-refractivity contribution in [2.24, 2.45) is 5.92 Å². The molecule has 0 radical (unpaired) electrons. The molecule has 4 rings (SSSR count). The van der Waals surface area contributed by atoms with Gasteiger partial charge in [-0.25, -0.2) is 4.68 Å². The second-order valence-corrected chi connectivity index (χ2v) is 9.80. The van der Waals surface area contributed by atoms with Crippen molar-refractivity contribution in [1.82, 2.24) is 20.3 Å². The zero-order chi connectivity index (χ0) is 25.5. The van der Waals surface area contributed by atoms with Crippen LogP contribution in [-0.4, -0.2) is 40.0 Å². The van der Waals surface area contributed by atoms with E-state index in [1.165, 1.54) is 11.3 Å². The van der Waals surface area contributed by atoms with Crippen LogP contribution in [0.15, 0.2) is 66.0 Å². The number of aromatic nitrogens is 3. The number of fused-ring (bicyclic) bond motifs is 1. The second-order valence-electron chi connectivity index (χ2n) is 8.82. The lowest BCUT2D eigenvalue weighted by atomic mass is 10.1. The number of thiophene rings is 1. The number of rotatable bonds is 11. The fourth-order valence-corrected chi connectivity index (χ4v) is 4.78. The molecule has 0 aliphatic rings. The molecule has 188 valence electrons. The van der Waals surface area contributed by atoms with Gasteiger partial charge in [-0.1, -0.05) is 43.3 Å². The number of hydrogen-bond acceptors (Lipinski definition) is 6. The van der Waals surface area contributed by atoms with Gasteiger partial charge in [0.2, 0.25) is 11.8 Å². The van der Waals surface area contributed by atoms with E-state index < -0.39 is 6.04 Å². The Morgan fingerprint density at radius 2 is 1.94 bits per heavy atom. The highest BCUT2D eigenvalue weighted by Crippen LogP contribution is 2.33. The Labute approximate surface area is 214 Å². The third-order valence-corrected chi connectivity index (χ3v) is 6.65. The molecule has 9 heteroatoms. The quantitative estimate of drug-likeness (QED) is 0.315. The van der Waals surface area contributed by atoms with Crippen molar-refractivity contribution in [2.75, 3.05) is 18.1 Å². The standard InChI is InChI=1S/C27H31N5O3S/c1-4-35-21-10-7-9-20(17-21)32(25(33)18-31-23-12-6-5-11-22(23)29-30-31)26(24-13-8-16-36-24)27(34)28-15-14-19(2)3/h5-13,16-17,19,26H,4,14-15,18H2,1-3H3,(H,28,34)/t26-/m0/s1. The molecule has 2 aromatic heterocycles. The molecule has 4 aromatic rings. The number of carbonyl (C=O) groups excluding carboxylic acids is 2. The van der Waals surface area contributed by atoms with Crippen LogP contribution in [0.1, 0.15) is 38.1 Å². The van der Waals surface area contributed by atoms with Crippen LogP contribution in [0.5, 0.6) is 5.75 Å². The molecular weight excluding hydrogens is 474 g/mol. The summed E-state index contributed by atoms with van der Waals surface area (Å²) >= 11 is 1.44. The summed E-state index contributed by atoms with van der Waals surface area (Å²) in [6.07, 6.45) is 0.849. The van der Waals surface area contributed by atoms with E-state index in [1.807, 2.05) is 66.9 Å².